The van der Waals surface area contributed by atoms with Gasteiger partial charge in [0.1, 0.15) is 0 Å². The maximum Gasteiger partial charge on any atom is 0.243 e. The van der Waals surface area contributed by atoms with Gasteiger partial charge >= 0.3 is 0 Å². The Labute approximate surface area is 186 Å². The van der Waals surface area contributed by atoms with E-state index in [1.165, 1.54) is 4.31 Å². The molecule has 0 N–H and O–H groups in total. The van der Waals surface area contributed by atoms with Gasteiger partial charge in [-0.1, -0.05) is 35.5 Å². The first kappa shape index (κ1) is 20.9. The number of hydrogen-bond donors (Lipinski definition) is 0. The average Bonchev–Trinajstić information content (AvgIpc) is 3.16. The zero-order chi connectivity index (χ0) is 22.0. The van der Waals surface area contributed by atoms with Gasteiger partial charge in [0.25, 0.3) is 0 Å². The van der Waals surface area contributed by atoms with Gasteiger partial charge in [-0.3, -0.25) is 4.90 Å². The van der Waals surface area contributed by atoms with E-state index < -0.39 is 10.0 Å². The summed E-state index contributed by atoms with van der Waals surface area (Å²) in [5, 5.41) is 4.05. The number of aromatic nitrogens is 2. The van der Waals surface area contributed by atoms with E-state index in [2.05, 4.69) is 15.0 Å². The van der Waals surface area contributed by atoms with Crippen molar-refractivity contribution in [3.63, 3.8) is 0 Å². The predicted molar refractivity (Wildman–Crippen MR) is 116 cm³/mol. The number of nitrogens with zero attached hydrogens (tertiary/aromatic N) is 4. The highest BCUT2D eigenvalue weighted by atomic mass is 32.2. The van der Waals surface area contributed by atoms with Crippen molar-refractivity contribution < 1.29 is 22.4 Å². The van der Waals surface area contributed by atoms with Crippen molar-refractivity contribution in [3.05, 3.63) is 54.4 Å². The number of piperazine rings is 1. The molecule has 3 aromatic rings. The first-order valence-corrected chi connectivity index (χ1v) is 12.0. The molecule has 1 aromatic heterocycles. The Morgan fingerprint density at radius 1 is 0.906 bits per heavy atom. The lowest BCUT2D eigenvalue weighted by molar-refractivity contribution is 0.163. The maximum atomic E-state index is 13.2. The zero-order valence-electron chi connectivity index (χ0n) is 17.5. The van der Waals surface area contributed by atoms with Crippen molar-refractivity contribution >= 4 is 10.0 Å². The number of sulfonamides is 1. The van der Waals surface area contributed by atoms with Crippen LogP contribution >= 0.6 is 0 Å². The average molecular weight is 457 g/mol. The molecule has 2 aromatic carbocycles. The van der Waals surface area contributed by atoms with Crippen LogP contribution in [0.5, 0.6) is 11.5 Å². The third-order valence-corrected chi connectivity index (χ3v) is 7.44. The Kier molecular flexibility index (Phi) is 5.81. The second kappa shape index (κ2) is 8.89. The van der Waals surface area contributed by atoms with E-state index in [0.29, 0.717) is 69.2 Å². The van der Waals surface area contributed by atoms with Crippen molar-refractivity contribution in [1.29, 1.82) is 0 Å². The zero-order valence-corrected chi connectivity index (χ0v) is 18.3. The quantitative estimate of drug-likeness (QED) is 0.577. The van der Waals surface area contributed by atoms with Crippen molar-refractivity contribution in [2.24, 2.45) is 0 Å². The second-order valence-corrected chi connectivity index (χ2v) is 9.65. The summed E-state index contributed by atoms with van der Waals surface area (Å²) >= 11 is 0. The number of ether oxygens (including phenoxy) is 2. The number of benzene rings is 2. The molecule has 0 saturated carbocycles. The van der Waals surface area contributed by atoms with E-state index in [4.69, 9.17) is 14.0 Å². The molecule has 0 amide bonds. The number of fused-ring (bicyclic) bond motifs is 1. The summed E-state index contributed by atoms with van der Waals surface area (Å²) in [5.74, 6) is 2.13. The molecule has 1 saturated heterocycles. The van der Waals surface area contributed by atoms with E-state index in [0.717, 1.165) is 12.0 Å². The lowest BCUT2D eigenvalue weighted by Crippen LogP contribution is -2.48. The first-order chi connectivity index (χ1) is 15.6. The van der Waals surface area contributed by atoms with Crippen LogP contribution in [0.4, 0.5) is 0 Å². The van der Waals surface area contributed by atoms with E-state index in [1.807, 2.05) is 30.3 Å². The minimum absolute atomic E-state index is 0.222. The standard InChI is InChI=1S/C22H24N4O5S/c27-32(28,18-7-8-19-20(15-18)30-14-4-13-29-19)26-11-9-25(10-12-26)16-21-23-22(24-31-21)17-5-2-1-3-6-17/h1-3,5-8,15H,4,9-14,16H2. The van der Waals surface area contributed by atoms with Gasteiger partial charge in [-0.05, 0) is 12.1 Å². The Balaban J connectivity index is 1.22. The summed E-state index contributed by atoms with van der Waals surface area (Å²) in [6.45, 7) is 3.48. The van der Waals surface area contributed by atoms with Crippen LogP contribution in [-0.2, 0) is 16.6 Å². The molecule has 32 heavy (non-hydrogen) atoms. The molecular weight excluding hydrogens is 432 g/mol. The molecule has 2 aliphatic rings. The molecule has 0 bridgehead atoms. The topological polar surface area (TPSA) is 98.0 Å². The summed E-state index contributed by atoms with van der Waals surface area (Å²) in [7, 11) is -3.62. The lowest BCUT2D eigenvalue weighted by Gasteiger charge is -2.33. The summed E-state index contributed by atoms with van der Waals surface area (Å²) in [6, 6.07) is 14.5. The molecular formula is C22H24N4O5S. The van der Waals surface area contributed by atoms with Crippen LogP contribution in [0.25, 0.3) is 11.4 Å². The van der Waals surface area contributed by atoms with Gasteiger partial charge in [-0.25, -0.2) is 8.42 Å². The van der Waals surface area contributed by atoms with Crippen molar-refractivity contribution in [2.45, 2.75) is 17.9 Å². The Morgan fingerprint density at radius 2 is 1.66 bits per heavy atom. The summed E-state index contributed by atoms with van der Waals surface area (Å²) in [5.41, 5.74) is 0.897. The molecule has 2 aliphatic heterocycles. The van der Waals surface area contributed by atoms with Gasteiger partial charge in [0.15, 0.2) is 11.5 Å². The van der Waals surface area contributed by atoms with Crippen LogP contribution < -0.4 is 9.47 Å². The smallest absolute Gasteiger partial charge is 0.243 e. The van der Waals surface area contributed by atoms with E-state index in [9.17, 15) is 8.42 Å². The molecule has 0 atom stereocenters. The molecule has 5 rings (SSSR count). The third-order valence-electron chi connectivity index (χ3n) is 5.55. The summed E-state index contributed by atoms with van der Waals surface area (Å²) < 4.78 is 44.5. The highest BCUT2D eigenvalue weighted by molar-refractivity contribution is 7.89. The van der Waals surface area contributed by atoms with Gasteiger partial charge in [0.2, 0.25) is 21.7 Å². The SMILES string of the molecule is O=S(=O)(c1ccc2c(c1)OCCCO2)N1CCN(Cc2nc(-c3ccccc3)no2)CC1. The fourth-order valence-electron chi connectivity index (χ4n) is 3.80. The predicted octanol–water partition coefficient (Wildman–Crippen LogP) is 2.40. The Morgan fingerprint density at radius 3 is 2.44 bits per heavy atom. The highest BCUT2D eigenvalue weighted by Crippen LogP contribution is 2.33. The van der Waals surface area contributed by atoms with E-state index in [-0.39, 0.29) is 4.90 Å². The Hall–Kier alpha value is -2.95. The molecule has 0 radical (unpaired) electrons. The number of hydrogen-bond acceptors (Lipinski definition) is 8. The minimum atomic E-state index is -3.62. The molecule has 0 aliphatic carbocycles. The largest absolute Gasteiger partial charge is 0.490 e. The van der Waals surface area contributed by atoms with Crippen molar-refractivity contribution in [3.8, 4) is 22.9 Å². The highest BCUT2D eigenvalue weighted by Gasteiger charge is 2.30. The molecule has 0 unspecified atom stereocenters. The maximum absolute atomic E-state index is 13.2. The van der Waals surface area contributed by atoms with Gasteiger partial charge in [-0.15, -0.1) is 0 Å². The monoisotopic (exact) mass is 456 g/mol. The molecule has 10 heteroatoms. The molecule has 3 heterocycles. The Bertz CT molecular complexity index is 1170. The van der Waals surface area contributed by atoms with Gasteiger partial charge < -0.3 is 14.0 Å². The molecule has 1 fully saturated rings. The van der Waals surface area contributed by atoms with Crippen LogP contribution in [0.2, 0.25) is 0 Å². The van der Waals surface area contributed by atoms with Crippen LogP contribution in [0, 0.1) is 0 Å². The number of rotatable bonds is 5. The van der Waals surface area contributed by atoms with Gasteiger partial charge in [-0.2, -0.15) is 9.29 Å². The fraction of sp³-hybridized carbons (Fsp3) is 0.364. The summed E-state index contributed by atoms with van der Waals surface area (Å²) in [4.78, 5) is 6.80. The normalized spacial score (nSPS) is 17.8. The van der Waals surface area contributed by atoms with Gasteiger partial charge in [0, 0.05) is 44.2 Å². The molecule has 168 valence electrons. The summed E-state index contributed by atoms with van der Waals surface area (Å²) in [6.07, 6.45) is 0.769. The van der Waals surface area contributed by atoms with E-state index >= 15 is 0 Å². The van der Waals surface area contributed by atoms with Crippen LogP contribution in [0.3, 0.4) is 0 Å². The minimum Gasteiger partial charge on any atom is -0.490 e. The molecule has 0 spiro atoms. The molecule has 9 nitrogen and oxygen atoms in total. The van der Waals surface area contributed by atoms with Crippen LogP contribution in [-0.4, -0.2) is 67.2 Å². The van der Waals surface area contributed by atoms with E-state index in [1.54, 1.807) is 18.2 Å². The van der Waals surface area contributed by atoms with Crippen molar-refractivity contribution in [2.75, 3.05) is 39.4 Å². The van der Waals surface area contributed by atoms with Crippen LogP contribution in [0.1, 0.15) is 12.3 Å². The first-order valence-electron chi connectivity index (χ1n) is 10.6. The van der Waals surface area contributed by atoms with Crippen molar-refractivity contribution in [1.82, 2.24) is 19.3 Å². The van der Waals surface area contributed by atoms with Gasteiger partial charge in [0.05, 0.1) is 24.7 Å². The third kappa shape index (κ3) is 4.34. The van der Waals surface area contributed by atoms with Crippen LogP contribution in [0.15, 0.2) is 57.9 Å². The fourth-order valence-corrected chi connectivity index (χ4v) is 5.23. The lowest BCUT2D eigenvalue weighted by atomic mass is 10.2. The second-order valence-electron chi connectivity index (χ2n) is 7.72.